The summed E-state index contributed by atoms with van der Waals surface area (Å²) in [5.41, 5.74) is 0.187. The van der Waals surface area contributed by atoms with Crippen LogP contribution in [-0.4, -0.2) is 61.9 Å². The summed E-state index contributed by atoms with van der Waals surface area (Å²) < 4.78 is 16.6. The van der Waals surface area contributed by atoms with Crippen LogP contribution in [0.3, 0.4) is 0 Å². The molecule has 2 aliphatic heterocycles. The first-order chi connectivity index (χ1) is 15.9. The molecule has 4 rings (SSSR count). The molecule has 2 aromatic rings. The van der Waals surface area contributed by atoms with Gasteiger partial charge in [0.25, 0.3) is 0 Å². The smallest absolute Gasteiger partial charge is 0.240 e. The van der Waals surface area contributed by atoms with Gasteiger partial charge in [-0.2, -0.15) is 0 Å². The molecule has 33 heavy (non-hydrogen) atoms. The van der Waals surface area contributed by atoms with Gasteiger partial charge in [-0.15, -0.1) is 0 Å². The average molecular weight is 453 g/mol. The van der Waals surface area contributed by atoms with Gasteiger partial charge in [-0.05, 0) is 30.2 Å². The monoisotopic (exact) mass is 452 g/mol. The zero-order valence-corrected chi connectivity index (χ0v) is 19.1. The predicted molar refractivity (Wildman–Crippen MR) is 120 cm³/mol. The van der Waals surface area contributed by atoms with Crippen LogP contribution in [0.15, 0.2) is 42.5 Å². The van der Waals surface area contributed by atoms with Crippen molar-refractivity contribution in [3.8, 4) is 17.2 Å². The van der Waals surface area contributed by atoms with Crippen molar-refractivity contribution in [3.05, 3.63) is 53.6 Å². The van der Waals surface area contributed by atoms with Crippen LogP contribution in [0.25, 0.3) is 0 Å². The van der Waals surface area contributed by atoms with E-state index in [1.54, 1.807) is 43.4 Å². The Morgan fingerprint density at radius 2 is 1.91 bits per heavy atom. The minimum absolute atomic E-state index is 0.0530. The van der Waals surface area contributed by atoms with E-state index < -0.39 is 5.41 Å². The summed E-state index contributed by atoms with van der Waals surface area (Å²) in [7, 11) is 4.59. The molecule has 8 heteroatoms. The molecule has 0 spiro atoms. The number of carbonyl (C=O) groups excluding carboxylic acids is 3. The molecule has 3 amide bonds. The van der Waals surface area contributed by atoms with Gasteiger partial charge in [-0.1, -0.05) is 24.3 Å². The average Bonchev–Trinajstić information content (AvgIpc) is 3.03. The van der Waals surface area contributed by atoms with Crippen molar-refractivity contribution in [2.24, 2.45) is 0 Å². The quantitative estimate of drug-likeness (QED) is 0.648. The van der Waals surface area contributed by atoms with E-state index in [1.807, 2.05) is 18.2 Å². The summed E-state index contributed by atoms with van der Waals surface area (Å²) >= 11 is 0. The predicted octanol–water partition coefficient (Wildman–Crippen LogP) is 2.53. The van der Waals surface area contributed by atoms with E-state index in [1.165, 1.54) is 7.05 Å². The summed E-state index contributed by atoms with van der Waals surface area (Å²) in [5.74, 6) is 0.960. The Hall–Kier alpha value is -3.55. The lowest BCUT2D eigenvalue weighted by Crippen LogP contribution is -2.43. The Kier molecular flexibility index (Phi) is 6.26. The Morgan fingerprint density at radius 3 is 2.61 bits per heavy atom. The topological polar surface area (TPSA) is 85.4 Å². The molecule has 2 aliphatic rings. The standard InChI is InChI=1S/C25H28N2O6/c1-26-21(28)14-25(24(26)30,18-8-5-9-19(13-18)31-2)15-22(29)27-11-6-12-33-23-17(16-27)7-4-10-20(23)32-3/h4-5,7-10,13H,6,11-12,14-16H2,1-3H3. The molecule has 0 saturated carbocycles. The van der Waals surface area contributed by atoms with Gasteiger partial charge in [0.05, 0.1) is 26.2 Å². The van der Waals surface area contributed by atoms with Gasteiger partial charge in [-0.3, -0.25) is 19.3 Å². The van der Waals surface area contributed by atoms with Gasteiger partial charge in [0.15, 0.2) is 11.5 Å². The zero-order valence-electron chi connectivity index (χ0n) is 19.1. The fraction of sp³-hybridized carbons (Fsp3) is 0.400. The minimum Gasteiger partial charge on any atom is -0.497 e. The van der Waals surface area contributed by atoms with E-state index in [4.69, 9.17) is 14.2 Å². The van der Waals surface area contributed by atoms with E-state index >= 15 is 0 Å². The van der Waals surface area contributed by atoms with Gasteiger partial charge in [0, 0.05) is 38.5 Å². The largest absolute Gasteiger partial charge is 0.497 e. The second-order valence-corrected chi connectivity index (χ2v) is 8.39. The number of ether oxygens (including phenoxy) is 3. The maximum Gasteiger partial charge on any atom is 0.240 e. The summed E-state index contributed by atoms with van der Waals surface area (Å²) in [6.45, 7) is 1.26. The fourth-order valence-corrected chi connectivity index (χ4v) is 4.58. The Balaban J connectivity index is 1.67. The third-order valence-corrected chi connectivity index (χ3v) is 6.43. The SMILES string of the molecule is COc1cccc(C2(CC(=O)N3CCCOc4c(cccc4OC)C3)CC(=O)N(C)C2=O)c1. The summed E-state index contributed by atoms with van der Waals surface area (Å²) in [4.78, 5) is 42.3. The van der Waals surface area contributed by atoms with Gasteiger partial charge < -0.3 is 19.1 Å². The van der Waals surface area contributed by atoms with Crippen LogP contribution in [0.2, 0.25) is 0 Å². The number of imide groups is 1. The number of nitrogens with zero attached hydrogens (tertiary/aromatic N) is 2. The van der Waals surface area contributed by atoms with Crippen molar-refractivity contribution in [2.75, 3.05) is 34.4 Å². The van der Waals surface area contributed by atoms with Crippen molar-refractivity contribution in [1.29, 1.82) is 0 Å². The van der Waals surface area contributed by atoms with E-state index in [0.717, 1.165) is 10.5 Å². The number of carbonyl (C=O) groups is 3. The fourth-order valence-electron chi connectivity index (χ4n) is 4.58. The number of benzene rings is 2. The molecule has 0 aromatic heterocycles. The van der Waals surface area contributed by atoms with Crippen LogP contribution < -0.4 is 14.2 Å². The van der Waals surface area contributed by atoms with E-state index in [-0.39, 0.29) is 30.6 Å². The van der Waals surface area contributed by atoms with Crippen molar-refractivity contribution in [1.82, 2.24) is 9.80 Å². The molecule has 0 N–H and O–H groups in total. The molecule has 0 bridgehead atoms. The molecule has 2 aromatic carbocycles. The molecule has 1 atom stereocenters. The number of hydrogen-bond acceptors (Lipinski definition) is 6. The molecule has 2 heterocycles. The number of likely N-dealkylation sites (N-methyl/N-ethyl adjacent to an activating group) is 1. The highest BCUT2D eigenvalue weighted by Gasteiger charge is 2.53. The Labute approximate surface area is 193 Å². The number of fused-ring (bicyclic) bond motifs is 1. The van der Waals surface area contributed by atoms with Gasteiger partial charge >= 0.3 is 0 Å². The minimum atomic E-state index is -1.26. The molecule has 8 nitrogen and oxygen atoms in total. The molecule has 1 unspecified atom stereocenters. The second-order valence-electron chi connectivity index (χ2n) is 8.39. The number of methoxy groups -OCH3 is 2. The first-order valence-corrected chi connectivity index (χ1v) is 10.9. The van der Waals surface area contributed by atoms with E-state index in [2.05, 4.69) is 0 Å². The van der Waals surface area contributed by atoms with Crippen molar-refractivity contribution in [2.45, 2.75) is 31.2 Å². The molecule has 174 valence electrons. The van der Waals surface area contributed by atoms with Crippen molar-refractivity contribution in [3.63, 3.8) is 0 Å². The first kappa shape index (κ1) is 22.6. The first-order valence-electron chi connectivity index (χ1n) is 10.9. The number of rotatable bonds is 5. The summed E-state index contributed by atoms with van der Waals surface area (Å²) in [5, 5.41) is 0. The molecule has 1 saturated heterocycles. The molecule has 0 radical (unpaired) electrons. The van der Waals surface area contributed by atoms with Gasteiger partial charge in [-0.25, -0.2) is 0 Å². The molecular weight excluding hydrogens is 424 g/mol. The number of likely N-dealkylation sites (tertiary alicyclic amines) is 1. The lowest BCUT2D eigenvalue weighted by molar-refractivity contribution is -0.141. The highest BCUT2D eigenvalue weighted by atomic mass is 16.5. The van der Waals surface area contributed by atoms with E-state index in [9.17, 15) is 14.4 Å². The maximum absolute atomic E-state index is 13.6. The third-order valence-electron chi connectivity index (χ3n) is 6.43. The van der Waals surface area contributed by atoms with Crippen LogP contribution in [0, 0.1) is 0 Å². The van der Waals surface area contributed by atoms with Crippen LogP contribution in [0.1, 0.15) is 30.4 Å². The molecule has 0 aliphatic carbocycles. The highest BCUT2D eigenvalue weighted by Crippen LogP contribution is 2.41. The van der Waals surface area contributed by atoms with Crippen LogP contribution in [-0.2, 0) is 26.3 Å². The molecular formula is C25H28N2O6. The van der Waals surface area contributed by atoms with Crippen LogP contribution >= 0.6 is 0 Å². The third kappa shape index (κ3) is 4.13. The number of para-hydroxylation sites is 1. The van der Waals surface area contributed by atoms with Gasteiger partial charge in [0.2, 0.25) is 17.7 Å². The summed E-state index contributed by atoms with van der Waals surface area (Å²) in [6, 6.07) is 12.6. The number of hydrogen-bond donors (Lipinski definition) is 0. The second kappa shape index (κ2) is 9.13. The number of amides is 3. The highest BCUT2D eigenvalue weighted by molar-refractivity contribution is 6.10. The Morgan fingerprint density at radius 1 is 1.12 bits per heavy atom. The van der Waals surface area contributed by atoms with E-state index in [0.29, 0.717) is 48.9 Å². The van der Waals surface area contributed by atoms with Crippen LogP contribution in [0.4, 0.5) is 0 Å². The zero-order chi connectivity index (χ0) is 23.6. The lowest BCUT2D eigenvalue weighted by atomic mass is 9.75. The maximum atomic E-state index is 13.6. The summed E-state index contributed by atoms with van der Waals surface area (Å²) in [6.07, 6.45) is 0.486. The van der Waals surface area contributed by atoms with Crippen molar-refractivity contribution >= 4 is 17.7 Å². The van der Waals surface area contributed by atoms with Crippen molar-refractivity contribution < 1.29 is 28.6 Å². The lowest BCUT2D eigenvalue weighted by Gasteiger charge is -2.32. The van der Waals surface area contributed by atoms with Gasteiger partial charge in [0.1, 0.15) is 5.75 Å². The normalized spacial score (nSPS) is 20.6. The van der Waals surface area contributed by atoms with Crippen LogP contribution in [0.5, 0.6) is 17.2 Å². The Bertz CT molecular complexity index is 1080. The molecule has 1 fully saturated rings.